The van der Waals surface area contributed by atoms with Crippen LogP contribution in [0.15, 0.2) is 47.4 Å². The summed E-state index contributed by atoms with van der Waals surface area (Å²) >= 11 is 0. The van der Waals surface area contributed by atoms with Crippen molar-refractivity contribution in [2.45, 2.75) is 33.5 Å². The van der Waals surface area contributed by atoms with Gasteiger partial charge in [-0.25, -0.2) is 9.78 Å². The highest BCUT2D eigenvalue weighted by atomic mass is 16.5. The number of methoxy groups -OCH3 is 1. The normalized spacial score (nSPS) is 10.4. The quantitative estimate of drug-likeness (QED) is 0.283. The van der Waals surface area contributed by atoms with E-state index in [1.54, 1.807) is 32.2 Å². The average Bonchev–Trinajstić information content (AvgIpc) is 2.85. The number of urea groups is 1. The first-order valence-corrected chi connectivity index (χ1v) is 10.8. The van der Waals surface area contributed by atoms with Crippen molar-refractivity contribution in [3.63, 3.8) is 0 Å². The zero-order chi connectivity index (χ0) is 25.4. The minimum absolute atomic E-state index is 0.129. The molecule has 35 heavy (non-hydrogen) atoms. The van der Waals surface area contributed by atoms with Gasteiger partial charge in [0.2, 0.25) is 11.7 Å². The number of hydrazine groups is 1. The molecule has 12 heteroatoms. The number of nitrogen functional groups attached to an aromatic ring is 1. The summed E-state index contributed by atoms with van der Waals surface area (Å²) in [6, 6.07) is 10.2. The van der Waals surface area contributed by atoms with Crippen molar-refractivity contribution in [3.05, 3.63) is 75.6 Å². The monoisotopic (exact) mass is 480 g/mol. The summed E-state index contributed by atoms with van der Waals surface area (Å²) in [4.78, 5) is 45.8. The number of nitrogens with zero attached hydrogens (tertiary/aromatic N) is 3. The average molecular weight is 481 g/mol. The van der Waals surface area contributed by atoms with Gasteiger partial charge in [0.05, 0.1) is 25.0 Å². The molecule has 2 aromatic heterocycles. The van der Waals surface area contributed by atoms with Crippen LogP contribution in [0.25, 0.3) is 0 Å². The van der Waals surface area contributed by atoms with Gasteiger partial charge in [-0.2, -0.15) is 0 Å². The Hall–Kier alpha value is -4.61. The summed E-state index contributed by atoms with van der Waals surface area (Å²) in [5, 5.41) is 5.36. The Labute approximate surface area is 201 Å². The molecule has 3 amide bonds. The van der Waals surface area contributed by atoms with Gasteiger partial charge >= 0.3 is 6.03 Å². The maximum atomic E-state index is 12.8. The fourth-order valence-electron chi connectivity index (χ4n) is 3.18. The SMILES string of the molecule is COc1ccccc1CNC(=O)NNc1ncc(C)n(CC(=O)NCc2nc(C)ccc2N)c1=O. The molecule has 6 N–H and O–H groups in total. The van der Waals surface area contributed by atoms with E-state index in [1.807, 2.05) is 25.1 Å². The number of hydrogen-bond donors (Lipinski definition) is 5. The molecule has 0 saturated heterocycles. The predicted molar refractivity (Wildman–Crippen MR) is 130 cm³/mol. The van der Waals surface area contributed by atoms with E-state index in [2.05, 4.69) is 31.5 Å². The number of rotatable bonds is 9. The van der Waals surface area contributed by atoms with Crippen LogP contribution in [0.2, 0.25) is 0 Å². The number of nitrogens with one attached hydrogen (secondary N) is 4. The van der Waals surface area contributed by atoms with Crippen LogP contribution in [0.1, 0.15) is 22.6 Å². The number of aromatic nitrogens is 3. The Kier molecular flexibility index (Phi) is 8.22. The fourth-order valence-corrected chi connectivity index (χ4v) is 3.18. The smallest absolute Gasteiger partial charge is 0.333 e. The lowest BCUT2D eigenvalue weighted by atomic mass is 10.2. The first-order chi connectivity index (χ1) is 16.8. The van der Waals surface area contributed by atoms with E-state index in [0.717, 1.165) is 11.3 Å². The molecule has 0 unspecified atom stereocenters. The van der Waals surface area contributed by atoms with Crippen LogP contribution < -0.4 is 37.5 Å². The Morgan fingerprint density at radius 2 is 1.86 bits per heavy atom. The number of ether oxygens (including phenoxy) is 1. The molecule has 0 radical (unpaired) electrons. The largest absolute Gasteiger partial charge is 0.496 e. The van der Waals surface area contributed by atoms with E-state index in [0.29, 0.717) is 22.8 Å². The number of pyridine rings is 1. The molecular weight excluding hydrogens is 452 g/mol. The Bertz CT molecular complexity index is 1270. The molecular formula is C23H28N8O4. The molecule has 3 aromatic rings. The third kappa shape index (κ3) is 6.69. The van der Waals surface area contributed by atoms with Crippen LogP contribution in [0, 0.1) is 13.8 Å². The second kappa shape index (κ2) is 11.5. The standard InChI is InChI=1S/C23H28N8O4/c1-14-8-9-17(24)18(28-14)12-25-20(32)13-31-15(2)10-26-21(22(31)33)29-30-23(34)27-11-16-6-4-5-7-19(16)35-3/h4-10H,11-13,24H2,1-3H3,(H,25,32)(H,26,29)(H2,27,30,34). The van der Waals surface area contributed by atoms with Crippen LogP contribution in [-0.2, 0) is 24.4 Å². The highest BCUT2D eigenvalue weighted by Crippen LogP contribution is 2.16. The van der Waals surface area contributed by atoms with Crippen LogP contribution in [-0.4, -0.2) is 33.6 Å². The molecule has 184 valence electrons. The summed E-state index contributed by atoms with van der Waals surface area (Å²) < 4.78 is 6.49. The summed E-state index contributed by atoms with van der Waals surface area (Å²) in [6.07, 6.45) is 1.42. The van der Waals surface area contributed by atoms with Crippen molar-refractivity contribution in [2.24, 2.45) is 0 Å². The molecule has 0 aliphatic carbocycles. The Morgan fingerprint density at radius 1 is 1.09 bits per heavy atom. The Morgan fingerprint density at radius 3 is 2.63 bits per heavy atom. The summed E-state index contributed by atoms with van der Waals surface area (Å²) in [6.45, 7) is 3.58. The molecule has 0 bridgehead atoms. The number of anilines is 2. The maximum absolute atomic E-state index is 12.8. The summed E-state index contributed by atoms with van der Waals surface area (Å²) in [5.74, 6) is 0.0981. The maximum Gasteiger partial charge on any atom is 0.333 e. The van der Waals surface area contributed by atoms with E-state index in [4.69, 9.17) is 10.5 Å². The van der Waals surface area contributed by atoms with Gasteiger partial charge in [-0.1, -0.05) is 18.2 Å². The minimum atomic E-state index is -0.579. The lowest BCUT2D eigenvalue weighted by Gasteiger charge is -2.14. The fraction of sp³-hybridized carbons (Fsp3) is 0.261. The van der Waals surface area contributed by atoms with Gasteiger partial charge in [0.25, 0.3) is 5.56 Å². The number of hydrogen-bond acceptors (Lipinski definition) is 8. The topological polar surface area (TPSA) is 165 Å². The van der Waals surface area contributed by atoms with Crippen LogP contribution in [0.5, 0.6) is 5.75 Å². The van der Waals surface area contributed by atoms with E-state index < -0.39 is 17.5 Å². The van der Waals surface area contributed by atoms with Gasteiger partial charge in [-0.3, -0.25) is 30.0 Å². The van der Waals surface area contributed by atoms with E-state index in [-0.39, 0.29) is 25.5 Å². The first kappa shape index (κ1) is 25.0. The van der Waals surface area contributed by atoms with Crippen molar-refractivity contribution >= 4 is 23.4 Å². The minimum Gasteiger partial charge on any atom is -0.496 e. The molecule has 0 aliphatic heterocycles. The van der Waals surface area contributed by atoms with Crippen LogP contribution >= 0.6 is 0 Å². The third-order valence-electron chi connectivity index (χ3n) is 5.08. The second-order valence-corrected chi connectivity index (χ2v) is 7.65. The van der Waals surface area contributed by atoms with E-state index in [1.165, 1.54) is 10.8 Å². The van der Waals surface area contributed by atoms with E-state index in [9.17, 15) is 14.4 Å². The van der Waals surface area contributed by atoms with Gasteiger partial charge in [-0.15, -0.1) is 0 Å². The molecule has 12 nitrogen and oxygen atoms in total. The van der Waals surface area contributed by atoms with Crippen LogP contribution in [0.4, 0.5) is 16.3 Å². The molecule has 3 rings (SSSR count). The molecule has 2 heterocycles. The zero-order valence-corrected chi connectivity index (χ0v) is 19.7. The van der Waals surface area contributed by atoms with Crippen molar-refractivity contribution < 1.29 is 14.3 Å². The van der Waals surface area contributed by atoms with Crippen molar-refractivity contribution in [2.75, 3.05) is 18.3 Å². The first-order valence-electron chi connectivity index (χ1n) is 10.8. The molecule has 0 saturated carbocycles. The highest BCUT2D eigenvalue weighted by molar-refractivity contribution is 5.76. The second-order valence-electron chi connectivity index (χ2n) is 7.65. The van der Waals surface area contributed by atoms with Gasteiger partial charge in [0, 0.05) is 29.7 Å². The molecule has 0 fully saturated rings. The molecule has 0 aliphatic rings. The number of amides is 3. The number of aryl methyl sites for hydroxylation is 2. The number of carbonyl (C=O) groups is 2. The predicted octanol–water partition coefficient (Wildman–Crippen LogP) is 0.989. The number of carbonyl (C=O) groups excluding carboxylic acids is 2. The van der Waals surface area contributed by atoms with Crippen molar-refractivity contribution in [1.82, 2.24) is 30.6 Å². The molecule has 1 aromatic carbocycles. The number of benzene rings is 1. The van der Waals surface area contributed by atoms with Gasteiger partial charge in [0.15, 0.2) is 0 Å². The van der Waals surface area contributed by atoms with Crippen molar-refractivity contribution in [3.8, 4) is 5.75 Å². The summed E-state index contributed by atoms with van der Waals surface area (Å²) in [7, 11) is 1.55. The van der Waals surface area contributed by atoms with Crippen LogP contribution in [0.3, 0.4) is 0 Å². The number of nitrogens with two attached hydrogens (primary N) is 1. The lowest BCUT2D eigenvalue weighted by Crippen LogP contribution is -2.42. The van der Waals surface area contributed by atoms with E-state index >= 15 is 0 Å². The molecule has 0 spiro atoms. The van der Waals surface area contributed by atoms with Gasteiger partial charge in [-0.05, 0) is 32.0 Å². The lowest BCUT2D eigenvalue weighted by molar-refractivity contribution is -0.121. The zero-order valence-electron chi connectivity index (χ0n) is 19.7. The molecule has 0 atom stereocenters. The summed E-state index contributed by atoms with van der Waals surface area (Å²) in [5.41, 5.74) is 13.2. The Balaban J connectivity index is 1.57. The van der Waals surface area contributed by atoms with Gasteiger partial charge in [0.1, 0.15) is 12.3 Å². The highest BCUT2D eigenvalue weighted by Gasteiger charge is 2.13. The third-order valence-corrected chi connectivity index (χ3v) is 5.08. The van der Waals surface area contributed by atoms with Crippen molar-refractivity contribution in [1.29, 1.82) is 0 Å². The van der Waals surface area contributed by atoms with Gasteiger partial charge < -0.3 is 21.1 Å². The number of para-hydroxylation sites is 1.